The minimum absolute atomic E-state index is 0.00395. The van der Waals surface area contributed by atoms with Crippen molar-refractivity contribution in [1.29, 1.82) is 0 Å². The molecule has 1 aromatic rings. The predicted octanol–water partition coefficient (Wildman–Crippen LogP) is 3.58. The molecule has 0 aliphatic rings. The lowest BCUT2D eigenvalue weighted by molar-refractivity contribution is 0.0502. The van der Waals surface area contributed by atoms with Crippen LogP contribution in [0.5, 0.6) is 5.75 Å². The second-order valence-corrected chi connectivity index (χ2v) is 6.73. The van der Waals surface area contributed by atoms with Crippen molar-refractivity contribution in [2.24, 2.45) is 0 Å². The lowest BCUT2D eigenvalue weighted by atomic mass is 10.2. The highest BCUT2D eigenvalue weighted by molar-refractivity contribution is 9.10. The topological polar surface area (TPSA) is 84.9 Å². The van der Waals surface area contributed by atoms with Gasteiger partial charge in [-0.2, -0.15) is 0 Å². The number of carboxylic acids is 1. The second kappa shape index (κ2) is 7.63. The summed E-state index contributed by atoms with van der Waals surface area (Å²) in [5.74, 6) is -2.00. The van der Waals surface area contributed by atoms with Gasteiger partial charge in [0.1, 0.15) is 28.8 Å². The number of rotatable bonds is 5. The lowest BCUT2D eigenvalue weighted by Crippen LogP contribution is -2.37. The number of hydrogen-bond acceptors (Lipinski definition) is 4. The van der Waals surface area contributed by atoms with Crippen molar-refractivity contribution in [3.8, 4) is 5.75 Å². The molecular weight excluding hydrogens is 373 g/mol. The van der Waals surface area contributed by atoms with Crippen molar-refractivity contribution < 1.29 is 28.6 Å². The average molecular weight is 392 g/mol. The molecule has 8 heteroatoms. The molecule has 128 valence electrons. The molecule has 6 nitrogen and oxygen atoms in total. The van der Waals surface area contributed by atoms with E-state index in [1.165, 1.54) is 6.07 Å². The van der Waals surface area contributed by atoms with Gasteiger partial charge in [0.05, 0.1) is 11.0 Å². The Bertz CT molecular complexity index is 600. The Morgan fingerprint density at radius 1 is 1.39 bits per heavy atom. The number of aromatic carboxylic acids is 1. The van der Waals surface area contributed by atoms with Gasteiger partial charge in [-0.05, 0) is 55.8 Å². The molecule has 1 atom stereocenters. The summed E-state index contributed by atoms with van der Waals surface area (Å²) in [6.45, 7) is 6.95. The quantitative estimate of drug-likeness (QED) is 0.800. The number of alkyl carbamates (subject to hydrolysis) is 1. The van der Waals surface area contributed by atoms with Crippen LogP contribution in [0.2, 0.25) is 0 Å². The first-order valence-corrected chi connectivity index (χ1v) is 7.64. The van der Waals surface area contributed by atoms with Gasteiger partial charge in [0.2, 0.25) is 0 Å². The fourth-order valence-electron chi connectivity index (χ4n) is 1.59. The fraction of sp³-hybridized carbons (Fsp3) is 0.467. The summed E-state index contributed by atoms with van der Waals surface area (Å²) < 4.78 is 24.1. The van der Waals surface area contributed by atoms with E-state index in [0.29, 0.717) is 0 Å². The van der Waals surface area contributed by atoms with Crippen molar-refractivity contribution in [2.45, 2.75) is 39.4 Å². The first-order chi connectivity index (χ1) is 10.5. The van der Waals surface area contributed by atoms with E-state index in [9.17, 15) is 14.0 Å². The molecule has 0 saturated heterocycles. The molecule has 0 aliphatic carbocycles. The maximum absolute atomic E-state index is 13.4. The standard InChI is InChI=1S/C15H19BrFNO5/c1-8(7-18-14(21)23-15(2,3)4)22-12-6-10(16)11(17)5-9(12)13(19)20/h5-6,8H,7H2,1-4H3,(H,18,21)(H,19,20)/t8-/m1/s1. The highest BCUT2D eigenvalue weighted by Gasteiger charge is 2.19. The van der Waals surface area contributed by atoms with Crippen molar-refractivity contribution in [3.05, 3.63) is 28.0 Å². The molecular formula is C15H19BrFNO5. The molecule has 0 aliphatic heterocycles. The van der Waals surface area contributed by atoms with Crippen LogP contribution in [-0.4, -0.2) is 35.4 Å². The van der Waals surface area contributed by atoms with Crippen LogP contribution in [0, 0.1) is 5.82 Å². The zero-order valence-corrected chi connectivity index (χ0v) is 14.9. The monoisotopic (exact) mass is 391 g/mol. The number of benzene rings is 1. The Balaban J connectivity index is 2.71. The number of carbonyl (C=O) groups excluding carboxylic acids is 1. The van der Waals surface area contributed by atoms with Crippen LogP contribution in [-0.2, 0) is 4.74 Å². The summed E-state index contributed by atoms with van der Waals surface area (Å²) in [5.41, 5.74) is -0.915. The van der Waals surface area contributed by atoms with Crippen LogP contribution in [0.4, 0.5) is 9.18 Å². The molecule has 0 spiro atoms. The number of carboxylic acid groups (broad SMARTS) is 1. The zero-order chi connectivity index (χ0) is 17.8. The summed E-state index contributed by atoms with van der Waals surface area (Å²) in [6.07, 6.45) is -1.15. The van der Waals surface area contributed by atoms with Crippen LogP contribution < -0.4 is 10.1 Å². The van der Waals surface area contributed by atoms with Crippen LogP contribution in [0.1, 0.15) is 38.1 Å². The number of ether oxygens (including phenoxy) is 2. The van der Waals surface area contributed by atoms with Crippen molar-refractivity contribution in [3.63, 3.8) is 0 Å². The van der Waals surface area contributed by atoms with Gasteiger partial charge in [-0.25, -0.2) is 14.0 Å². The normalized spacial score (nSPS) is 12.4. The summed E-state index contributed by atoms with van der Waals surface area (Å²) in [4.78, 5) is 22.7. The Kier molecular flexibility index (Phi) is 6.37. The average Bonchev–Trinajstić information content (AvgIpc) is 2.38. The van der Waals surface area contributed by atoms with Crippen LogP contribution in [0.15, 0.2) is 16.6 Å². The zero-order valence-electron chi connectivity index (χ0n) is 13.3. The maximum atomic E-state index is 13.4. The molecule has 0 heterocycles. The minimum Gasteiger partial charge on any atom is -0.488 e. The number of carbonyl (C=O) groups is 2. The molecule has 1 aromatic carbocycles. The first-order valence-electron chi connectivity index (χ1n) is 6.85. The Hall–Kier alpha value is -1.83. The summed E-state index contributed by atoms with van der Waals surface area (Å²) in [7, 11) is 0. The van der Waals surface area contributed by atoms with Crippen LogP contribution >= 0.6 is 15.9 Å². The summed E-state index contributed by atoms with van der Waals surface area (Å²) in [5, 5.41) is 11.6. The van der Waals surface area contributed by atoms with Crippen molar-refractivity contribution in [1.82, 2.24) is 5.32 Å². The van der Waals surface area contributed by atoms with Gasteiger partial charge in [-0.15, -0.1) is 0 Å². The van der Waals surface area contributed by atoms with Gasteiger partial charge in [-0.3, -0.25) is 0 Å². The molecule has 0 saturated carbocycles. The van der Waals surface area contributed by atoms with Gasteiger partial charge in [0.15, 0.2) is 0 Å². The Labute approximate surface area is 142 Å². The van der Waals surface area contributed by atoms with Gasteiger partial charge in [0.25, 0.3) is 0 Å². The third-order valence-electron chi connectivity index (χ3n) is 2.51. The SMILES string of the molecule is C[C@H](CNC(=O)OC(C)(C)C)Oc1cc(Br)c(F)cc1C(=O)O. The number of halogens is 2. The van der Waals surface area contributed by atoms with E-state index in [1.807, 2.05) is 0 Å². The lowest BCUT2D eigenvalue weighted by Gasteiger charge is -2.21. The molecule has 0 radical (unpaired) electrons. The van der Waals surface area contributed by atoms with Gasteiger partial charge in [0, 0.05) is 0 Å². The third kappa shape index (κ3) is 6.43. The van der Waals surface area contributed by atoms with E-state index in [0.717, 1.165) is 6.07 Å². The number of nitrogens with one attached hydrogen (secondary N) is 1. The smallest absolute Gasteiger partial charge is 0.407 e. The van der Waals surface area contributed by atoms with Crippen molar-refractivity contribution in [2.75, 3.05) is 6.54 Å². The molecule has 1 rings (SSSR count). The maximum Gasteiger partial charge on any atom is 0.407 e. The highest BCUT2D eigenvalue weighted by atomic mass is 79.9. The van der Waals surface area contributed by atoms with Crippen molar-refractivity contribution >= 4 is 28.0 Å². The predicted molar refractivity (Wildman–Crippen MR) is 85.4 cm³/mol. The fourth-order valence-corrected chi connectivity index (χ4v) is 1.92. The molecule has 0 fully saturated rings. The number of hydrogen-bond donors (Lipinski definition) is 2. The third-order valence-corrected chi connectivity index (χ3v) is 3.12. The Morgan fingerprint density at radius 3 is 2.52 bits per heavy atom. The Morgan fingerprint density at radius 2 is 2.00 bits per heavy atom. The van der Waals surface area contributed by atoms with E-state index in [4.69, 9.17) is 14.6 Å². The summed E-state index contributed by atoms with van der Waals surface area (Å²) in [6, 6.07) is 2.11. The van der Waals surface area contributed by atoms with Gasteiger partial charge in [-0.1, -0.05) is 0 Å². The van der Waals surface area contributed by atoms with E-state index in [-0.39, 0.29) is 22.3 Å². The second-order valence-electron chi connectivity index (χ2n) is 5.88. The molecule has 23 heavy (non-hydrogen) atoms. The van der Waals surface area contributed by atoms with Crippen LogP contribution in [0.3, 0.4) is 0 Å². The molecule has 0 bridgehead atoms. The van der Waals surface area contributed by atoms with E-state index < -0.39 is 29.6 Å². The largest absolute Gasteiger partial charge is 0.488 e. The molecule has 0 unspecified atom stereocenters. The summed E-state index contributed by atoms with van der Waals surface area (Å²) >= 11 is 2.98. The molecule has 0 aromatic heterocycles. The van der Waals surface area contributed by atoms with Crippen LogP contribution in [0.25, 0.3) is 0 Å². The van der Waals surface area contributed by atoms with Gasteiger partial charge < -0.3 is 19.9 Å². The highest BCUT2D eigenvalue weighted by Crippen LogP contribution is 2.27. The molecule has 2 N–H and O–H groups in total. The van der Waals surface area contributed by atoms with E-state index >= 15 is 0 Å². The van der Waals surface area contributed by atoms with Gasteiger partial charge >= 0.3 is 12.1 Å². The molecule has 1 amide bonds. The first kappa shape index (κ1) is 19.2. The minimum atomic E-state index is -1.31. The van der Waals surface area contributed by atoms with E-state index in [1.54, 1.807) is 27.7 Å². The van der Waals surface area contributed by atoms with E-state index in [2.05, 4.69) is 21.2 Å². The number of amides is 1.